The summed E-state index contributed by atoms with van der Waals surface area (Å²) in [5, 5.41) is 0. The van der Waals surface area contributed by atoms with Crippen molar-refractivity contribution in [3.63, 3.8) is 0 Å². The summed E-state index contributed by atoms with van der Waals surface area (Å²) in [5.41, 5.74) is 11.9. The van der Waals surface area contributed by atoms with Gasteiger partial charge in [0.15, 0.2) is 0 Å². The summed E-state index contributed by atoms with van der Waals surface area (Å²) in [7, 11) is 3.46. The van der Waals surface area contributed by atoms with Crippen LogP contribution < -0.4 is 11.5 Å². The second-order valence-corrected chi connectivity index (χ2v) is 8.95. The number of amidine groups is 2. The highest BCUT2D eigenvalue weighted by Gasteiger charge is 2.15. The number of hydrogen-bond donors (Lipinski definition) is 2. The molecule has 6 heteroatoms. The van der Waals surface area contributed by atoms with Crippen LogP contribution in [0.2, 0.25) is 0 Å². The van der Waals surface area contributed by atoms with Gasteiger partial charge in [0.25, 0.3) is 0 Å². The molecular weight excluding hydrogens is 312 g/mol. The molecule has 0 atom stereocenters. The van der Waals surface area contributed by atoms with Crippen LogP contribution in [0, 0.1) is 11.8 Å². The van der Waals surface area contributed by atoms with Crippen molar-refractivity contribution in [2.45, 2.75) is 51.4 Å². The Morgan fingerprint density at radius 2 is 1.09 bits per heavy atom. The van der Waals surface area contributed by atoms with E-state index >= 15 is 0 Å². The SMILES string of the molecule is NC(CSSCC(N)=NCC1CCCC1)=NCC1CCCC1. The van der Waals surface area contributed by atoms with Gasteiger partial charge in [0, 0.05) is 13.1 Å². The Morgan fingerprint density at radius 3 is 1.45 bits per heavy atom. The van der Waals surface area contributed by atoms with Gasteiger partial charge < -0.3 is 11.5 Å². The van der Waals surface area contributed by atoms with Crippen molar-refractivity contribution in [3.05, 3.63) is 0 Å². The highest BCUT2D eigenvalue weighted by atomic mass is 33.1. The minimum absolute atomic E-state index is 0.769. The topological polar surface area (TPSA) is 76.8 Å². The Kier molecular flexibility index (Phi) is 8.52. The van der Waals surface area contributed by atoms with Crippen molar-refractivity contribution < 1.29 is 0 Å². The maximum atomic E-state index is 5.96. The van der Waals surface area contributed by atoms with Crippen molar-refractivity contribution >= 4 is 33.3 Å². The first-order valence-corrected chi connectivity index (χ1v) is 11.0. The molecule has 0 aliphatic heterocycles. The van der Waals surface area contributed by atoms with Gasteiger partial charge in [0.2, 0.25) is 0 Å². The van der Waals surface area contributed by atoms with Crippen LogP contribution in [0.1, 0.15) is 51.4 Å². The maximum absolute atomic E-state index is 5.96. The summed E-state index contributed by atoms with van der Waals surface area (Å²) in [6.45, 7) is 1.84. The molecule has 0 spiro atoms. The number of aliphatic imine (C=N–C) groups is 2. The van der Waals surface area contributed by atoms with Crippen LogP contribution in [0.5, 0.6) is 0 Å². The van der Waals surface area contributed by atoms with E-state index in [1.807, 2.05) is 0 Å². The molecule has 0 aromatic carbocycles. The molecule has 126 valence electrons. The fourth-order valence-corrected chi connectivity index (χ4v) is 4.99. The quantitative estimate of drug-likeness (QED) is 0.291. The Hall–Kier alpha value is -0.360. The van der Waals surface area contributed by atoms with E-state index in [1.54, 1.807) is 21.6 Å². The third-order valence-electron chi connectivity index (χ3n) is 4.55. The van der Waals surface area contributed by atoms with Gasteiger partial charge in [-0.15, -0.1) is 0 Å². The molecule has 4 nitrogen and oxygen atoms in total. The number of nitrogens with two attached hydrogens (primary N) is 2. The molecule has 0 radical (unpaired) electrons. The summed E-state index contributed by atoms with van der Waals surface area (Å²) in [4.78, 5) is 9.02. The first-order valence-electron chi connectivity index (χ1n) is 8.56. The van der Waals surface area contributed by atoms with Crippen molar-refractivity contribution in [3.8, 4) is 0 Å². The predicted molar refractivity (Wildman–Crippen MR) is 102 cm³/mol. The molecule has 0 aromatic heterocycles. The lowest BCUT2D eigenvalue weighted by atomic mass is 10.1. The highest BCUT2D eigenvalue weighted by molar-refractivity contribution is 8.77. The van der Waals surface area contributed by atoms with E-state index in [0.29, 0.717) is 0 Å². The molecule has 2 fully saturated rings. The molecule has 0 unspecified atom stereocenters. The van der Waals surface area contributed by atoms with Crippen LogP contribution >= 0.6 is 21.6 Å². The largest absolute Gasteiger partial charge is 0.387 e. The third-order valence-corrected chi connectivity index (χ3v) is 6.75. The summed E-state index contributed by atoms with van der Waals surface area (Å²) < 4.78 is 0. The van der Waals surface area contributed by atoms with Gasteiger partial charge >= 0.3 is 0 Å². The first-order chi connectivity index (χ1) is 10.7. The summed E-state index contributed by atoms with van der Waals surface area (Å²) in [6, 6.07) is 0. The zero-order valence-corrected chi connectivity index (χ0v) is 15.1. The molecule has 22 heavy (non-hydrogen) atoms. The zero-order chi connectivity index (χ0) is 15.6. The zero-order valence-electron chi connectivity index (χ0n) is 13.5. The van der Waals surface area contributed by atoms with Gasteiger partial charge in [-0.1, -0.05) is 47.3 Å². The molecule has 0 aromatic rings. The molecule has 4 N–H and O–H groups in total. The molecule has 2 aliphatic rings. The minimum atomic E-state index is 0.769. The average molecular weight is 343 g/mol. The number of nitrogens with zero attached hydrogens (tertiary/aromatic N) is 2. The van der Waals surface area contributed by atoms with Gasteiger partial charge in [-0.2, -0.15) is 0 Å². The standard InChI is InChI=1S/C16H30N4S2/c17-15(19-9-13-5-1-2-6-13)11-21-22-12-16(18)20-10-14-7-3-4-8-14/h13-14H,1-12H2,(H2,17,19)(H2,18,20). The molecule has 2 rings (SSSR count). The van der Waals surface area contributed by atoms with Gasteiger partial charge in [-0.05, 0) is 37.5 Å². The van der Waals surface area contributed by atoms with E-state index in [0.717, 1.165) is 48.1 Å². The molecule has 0 bridgehead atoms. The lowest BCUT2D eigenvalue weighted by Gasteiger charge is -2.07. The van der Waals surface area contributed by atoms with E-state index in [9.17, 15) is 0 Å². The van der Waals surface area contributed by atoms with Crippen LogP contribution in [0.3, 0.4) is 0 Å². The molecule has 2 saturated carbocycles. The van der Waals surface area contributed by atoms with Crippen molar-refractivity contribution in [1.82, 2.24) is 0 Å². The van der Waals surface area contributed by atoms with Crippen molar-refractivity contribution in [2.75, 3.05) is 24.6 Å². The van der Waals surface area contributed by atoms with Crippen molar-refractivity contribution in [1.29, 1.82) is 0 Å². The Balaban J connectivity index is 1.51. The van der Waals surface area contributed by atoms with Gasteiger partial charge in [-0.3, -0.25) is 9.98 Å². The monoisotopic (exact) mass is 342 g/mol. The molecule has 2 aliphatic carbocycles. The van der Waals surface area contributed by atoms with Gasteiger partial charge in [0.1, 0.15) is 11.7 Å². The summed E-state index contributed by atoms with van der Waals surface area (Å²) in [6.07, 6.45) is 10.8. The predicted octanol–water partition coefficient (Wildman–Crippen LogP) is 3.46. The normalized spacial score (nSPS) is 21.8. The van der Waals surface area contributed by atoms with Crippen molar-refractivity contribution in [2.24, 2.45) is 33.3 Å². The summed E-state index contributed by atoms with van der Waals surface area (Å²) in [5.74, 6) is 4.65. The van der Waals surface area contributed by atoms with E-state index in [4.69, 9.17) is 11.5 Å². The second-order valence-electron chi connectivity index (χ2n) is 6.49. The van der Waals surface area contributed by atoms with Crippen LogP contribution in [0.4, 0.5) is 0 Å². The molecule has 0 heterocycles. The lowest BCUT2D eigenvalue weighted by Crippen LogP contribution is -2.18. The average Bonchev–Trinajstić information content (AvgIpc) is 3.20. The van der Waals surface area contributed by atoms with Crippen LogP contribution in [0.25, 0.3) is 0 Å². The third kappa shape index (κ3) is 7.27. The van der Waals surface area contributed by atoms with Gasteiger partial charge in [-0.25, -0.2) is 0 Å². The van der Waals surface area contributed by atoms with Crippen LogP contribution in [0.15, 0.2) is 9.98 Å². The van der Waals surface area contributed by atoms with Crippen LogP contribution in [-0.4, -0.2) is 36.3 Å². The Morgan fingerprint density at radius 1 is 0.727 bits per heavy atom. The van der Waals surface area contributed by atoms with E-state index in [-0.39, 0.29) is 0 Å². The number of rotatable bonds is 9. The Bertz CT molecular complexity index is 336. The fraction of sp³-hybridized carbons (Fsp3) is 0.875. The minimum Gasteiger partial charge on any atom is -0.387 e. The molecule has 0 saturated heterocycles. The molecule has 0 amide bonds. The van der Waals surface area contributed by atoms with E-state index < -0.39 is 0 Å². The fourth-order valence-electron chi connectivity index (χ4n) is 3.17. The van der Waals surface area contributed by atoms with Crippen LogP contribution in [-0.2, 0) is 0 Å². The second kappa shape index (κ2) is 10.4. The Labute approximate surface area is 142 Å². The highest BCUT2D eigenvalue weighted by Crippen LogP contribution is 2.26. The smallest absolute Gasteiger partial charge is 0.105 e. The first kappa shape index (κ1) is 18.0. The van der Waals surface area contributed by atoms with E-state index in [2.05, 4.69) is 9.98 Å². The maximum Gasteiger partial charge on any atom is 0.105 e. The van der Waals surface area contributed by atoms with E-state index in [1.165, 1.54) is 51.4 Å². The number of hydrogen-bond acceptors (Lipinski definition) is 4. The molecular formula is C16H30N4S2. The summed E-state index contributed by atoms with van der Waals surface area (Å²) >= 11 is 0. The van der Waals surface area contributed by atoms with Gasteiger partial charge in [0.05, 0.1) is 11.5 Å². The lowest BCUT2D eigenvalue weighted by molar-refractivity contribution is 0.563.